The van der Waals surface area contributed by atoms with Crippen molar-refractivity contribution in [2.45, 2.75) is 61.7 Å². The number of anilines is 1. The van der Waals surface area contributed by atoms with Crippen molar-refractivity contribution in [2.24, 2.45) is 5.10 Å². The van der Waals surface area contributed by atoms with Crippen LogP contribution in [0.25, 0.3) is 5.00 Å². The molecule has 0 saturated heterocycles. The van der Waals surface area contributed by atoms with Gasteiger partial charge in [-0.1, -0.05) is 42.6 Å². The van der Waals surface area contributed by atoms with Crippen molar-refractivity contribution >= 4 is 46.0 Å². The number of hydrazone groups is 1. The Balaban J connectivity index is 1.06. The minimum Gasteiger partial charge on any atom is -0.454 e. The van der Waals surface area contributed by atoms with Crippen LogP contribution in [-0.2, 0) is 29.3 Å². The summed E-state index contributed by atoms with van der Waals surface area (Å²) >= 11 is 5.10. The van der Waals surface area contributed by atoms with Gasteiger partial charge in [0.15, 0.2) is 39.5 Å². The molecule has 2 atom stereocenters. The molecular weight excluding hydrogens is 621 g/mol. The highest BCUT2D eigenvalue weighted by Crippen LogP contribution is 2.51. The van der Waals surface area contributed by atoms with Gasteiger partial charge in [0.1, 0.15) is 5.00 Å². The average Bonchev–Trinajstić information content (AvgIpc) is 3.87. The van der Waals surface area contributed by atoms with E-state index < -0.39 is 0 Å². The van der Waals surface area contributed by atoms with E-state index in [0.29, 0.717) is 12.4 Å². The molecule has 0 fully saturated rings. The van der Waals surface area contributed by atoms with E-state index in [1.807, 2.05) is 24.3 Å². The van der Waals surface area contributed by atoms with Crippen LogP contribution in [0.3, 0.4) is 0 Å². The minimum absolute atomic E-state index is 0.160. The lowest BCUT2D eigenvalue weighted by atomic mass is 9.88. The number of hydrogen-bond acceptors (Lipinski definition) is 13. The molecule has 2 aromatic carbocycles. The van der Waals surface area contributed by atoms with E-state index in [9.17, 15) is 0 Å². The number of benzene rings is 2. The molecule has 2 aromatic heterocycles. The summed E-state index contributed by atoms with van der Waals surface area (Å²) in [6, 6.07) is 12.2. The number of nitrogens with one attached hydrogen (secondary N) is 1. The molecule has 0 saturated carbocycles. The van der Waals surface area contributed by atoms with E-state index in [0.717, 1.165) is 74.0 Å². The second kappa shape index (κ2) is 10.2. The molecule has 1 N–H and O–H groups in total. The van der Waals surface area contributed by atoms with Gasteiger partial charge in [-0.15, -0.1) is 21.5 Å². The molecule has 0 amide bonds. The van der Waals surface area contributed by atoms with Crippen LogP contribution in [-0.4, -0.2) is 39.1 Å². The number of amidine groups is 1. The second-order valence-corrected chi connectivity index (χ2v) is 14.3. The number of rotatable bonds is 6. The van der Waals surface area contributed by atoms with Crippen LogP contribution in [0, 0.1) is 0 Å². The van der Waals surface area contributed by atoms with E-state index in [1.54, 1.807) is 34.9 Å². The summed E-state index contributed by atoms with van der Waals surface area (Å²) in [6.07, 6.45) is 1.64. The Morgan fingerprint density at radius 2 is 1.66 bits per heavy atom. The van der Waals surface area contributed by atoms with Gasteiger partial charge in [-0.05, 0) is 54.3 Å². The van der Waals surface area contributed by atoms with Crippen LogP contribution in [0.1, 0.15) is 53.6 Å². The SMILES string of the molecule is CC[C@]1(C)Cc2c(sc3c2C2NN=C(SCc4ccc5c(c4)OCO5)N2c2nnc(SCc4ccc5c(c4)OCO5)n2-3)CO1. The summed E-state index contributed by atoms with van der Waals surface area (Å²) < 4.78 is 30.8. The van der Waals surface area contributed by atoms with Gasteiger partial charge in [0.05, 0.1) is 12.2 Å². The average molecular weight is 649 g/mol. The topological polar surface area (TPSA) is 104 Å². The van der Waals surface area contributed by atoms with E-state index in [1.165, 1.54) is 16.0 Å². The Hall–Kier alpha value is -3.59. The van der Waals surface area contributed by atoms with Crippen molar-refractivity contribution in [2.75, 3.05) is 18.5 Å². The molecule has 7 heterocycles. The zero-order chi connectivity index (χ0) is 29.4. The fraction of sp³-hybridized carbons (Fsp3) is 0.367. The lowest BCUT2D eigenvalue weighted by Crippen LogP contribution is -2.40. The number of thioether (sulfide) groups is 2. The molecule has 0 radical (unpaired) electrons. The predicted molar refractivity (Wildman–Crippen MR) is 168 cm³/mol. The quantitative estimate of drug-likeness (QED) is 0.251. The third-order valence-electron chi connectivity index (χ3n) is 8.63. The molecule has 9 rings (SSSR count). The fourth-order valence-corrected chi connectivity index (χ4v) is 9.16. The van der Waals surface area contributed by atoms with Gasteiger partial charge in [0, 0.05) is 28.4 Å². The normalized spacial score (nSPS) is 21.8. The maximum Gasteiger partial charge on any atom is 0.241 e. The Morgan fingerprint density at radius 1 is 0.955 bits per heavy atom. The fourth-order valence-electron chi connectivity index (χ4n) is 6.04. The standard InChI is InChI=1S/C30H28N6O5S3/c1-3-30(2)10-18-23(11-41-30)44-26-24(18)25-31-33-28(42-12-16-4-6-19-21(8-16)39-14-37-19)35(25)27-32-34-29(36(26)27)43-13-17-5-7-20-22(9-17)40-15-38-20/h4-9,25,31H,3,10-15H2,1-2H3/t25?,30-/m1/s1. The molecule has 0 aliphatic carbocycles. The van der Waals surface area contributed by atoms with Crippen molar-refractivity contribution in [3.8, 4) is 28.0 Å². The highest BCUT2D eigenvalue weighted by Gasteiger charge is 2.46. The third-order valence-corrected chi connectivity index (χ3v) is 11.9. The van der Waals surface area contributed by atoms with Gasteiger partial charge in [-0.2, -0.15) is 5.10 Å². The number of aromatic nitrogens is 3. The van der Waals surface area contributed by atoms with Crippen LogP contribution in [0.2, 0.25) is 0 Å². The lowest BCUT2D eigenvalue weighted by Gasteiger charge is -2.35. The van der Waals surface area contributed by atoms with Crippen molar-refractivity contribution in [1.29, 1.82) is 0 Å². The Bertz CT molecular complexity index is 1840. The number of thiophene rings is 1. The summed E-state index contributed by atoms with van der Waals surface area (Å²) in [6.45, 7) is 5.53. The Kier molecular flexibility index (Phi) is 6.22. The van der Waals surface area contributed by atoms with Gasteiger partial charge in [0.2, 0.25) is 19.5 Å². The van der Waals surface area contributed by atoms with Gasteiger partial charge in [0.25, 0.3) is 0 Å². The zero-order valence-corrected chi connectivity index (χ0v) is 26.4. The maximum absolute atomic E-state index is 6.37. The minimum atomic E-state index is -0.201. The van der Waals surface area contributed by atoms with Gasteiger partial charge in [-0.25, -0.2) is 4.57 Å². The summed E-state index contributed by atoms with van der Waals surface area (Å²) in [5, 5.41) is 17.1. The summed E-state index contributed by atoms with van der Waals surface area (Å²) in [4.78, 5) is 3.46. The molecule has 5 aliphatic heterocycles. The molecule has 11 nitrogen and oxygen atoms in total. The van der Waals surface area contributed by atoms with Crippen LogP contribution < -0.4 is 29.3 Å². The van der Waals surface area contributed by atoms with Crippen LogP contribution in [0.4, 0.5) is 5.95 Å². The van der Waals surface area contributed by atoms with Crippen LogP contribution in [0.15, 0.2) is 46.7 Å². The van der Waals surface area contributed by atoms with E-state index in [2.05, 4.69) is 40.9 Å². The van der Waals surface area contributed by atoms with Crippen LogP contribution >= 0.6 is 34.9 Å². The molecule has 0 spiro atoms. The number of fused-ring (bicyclic) bond motifs is 10. The van der Waals surface area contributed by atoms with Crippen molar-refractivity contribution in [3.63, 3.8) is 0 Å². The molecule has 1 unspecified atom stereocenters. The third kappa shape index (κ3) is 4.25. The molecule has 44 heavy (non-hydrogen) atoms. The molecule has 14 heteroatoms. The first-order valence-electron chi connectivity index (χ1n) is 14.5. The largest absolute Gasteiger partial charge is 0.454 e. The number of nitrogens with zero attached hydrogens (tertiary/aromatic N) is 5. The van der Waals surface area contributed by atoms with Gasteiger partial charge in [-0.3, -0.25) is 10.3 Å². The van der Waals surface area contributed by atoms with Gasteiger partial charge < -0.3 is 23.7 Å². The molecule has 4 aromatic rings. The summed E-state index contributed by atoms with van der Waals surface area (Å²) in [7, 11) is 0. The first-order chi connectivity index (χ1) is 21.6. The maximum atomic E-state index is 6.37. The number of hydrogen-bond donors (Lipinski definition) is 1. The first-order valence-corrected chi connectivity index (χ1v) is 17.2. The second-order valence-electron chi connectivity index (χ2n) is 11.4. The van der Waals surface area contributed by atoms with E-state index in [-0.39, 0.29) is 25.4 Å². The lowest BCUT2D eigenvalue weighted by molar-refractivity contribution is -0.0549. The highest BCUT2D eigenvalue weighted by atomic mass is 32.2. The Labute approximate surface area is 265 Å². The highest BCUT2D eigenvalue weighted by molar-refractivity contribution is 8.13. The molecule has 0 bridgehead atoms. The molecular formula is C30H28N6O5S3. The van der Waals surface area contributed by atoms with Crippen LogP contribution in [0.5, 0.6) is 23.0 Å². The number of ether oxygens (including phenoxy) is 5. The smallest absolute Gasteiger partial charge is 0.241 e. The first kappa shape index (κ1) is 26.8. The van der Waals surface area contributed by atoms with E-state index >= 15 is 0 Å². The van der Waals surface area contributed by atoms with Crippen molar-refractivity contribution in [3.05, 3.63) is 63.5 Å². The summed E-state index contributed by atoms with van der Waals surface area (Å²) in [5.74, 6) is 5.33. The van der Waals surface area contributed by atoms with Crippen molar-refractivity contribution in [1.82, 2.24) is 20.2 Å². The van der Waals surface area contributed by atoms with Crippen molar-refractivity contribution < 1.29 is 23.7 Å². The zero-order valence-electron chi connectivity index (χ0n) is 24.0. The summed E-state index contributed by atoms with van der Waals surface area (Å²) in [5.41, 5.74) is 8.12. The van der Waals surface area contributed by atoms with Gasteiger partial charge >= 0.3 is 0 Å². The Morgan fingerprint density at radius 3 is 2.39 bits per heavy atom. The molecule has 5 aliphatic rings. The monoisotopic (exact) mass is 648 g/mol. The van der Waals surface area contributed by atoms with E-state index in [4.69, 9.17) is 39.0 Å². The predicted octanol–water partition coefficient (Wildman–Crippen LogP) is 5.95. The molecule has 226 valence electrons.